The summed E-state index contributed by atoms with van der Waals surface area (Å²) in [7, 11) is 1.83. The molecule has 4 aromatic rings. The second kappa shape index (κ2) is 11.0. The predicted molar refractivity (Wildman–Crippen MR) is 133 cm³/mol. The summed E-state index contributed by atoms with van der Waals surface area (Å²) in [6, 6.07) is 22.9. The molecule has 0 atom stereocenters. The number of carbonyl (C=O) groups is 2. The van der Waals surface area contributed by atoms with Gasteiger partial charge in [0.25, 0.3) is 5.91 Å². The van der Waals surface area contributed by atoms with E-state index in [1.54, 1.807) is 77.4 Å². The first-order valence-electron chi connectivity index (χ1n) is 10.4. The number of carbonyl (C=O) groups excluding carboxylic acids is 2. The van der Waals surface area contributed by atoms with Gasteiger partial charge in [0, 0.05) is 28.9 Å². The lowest BCUT2D eigenvalue weighted by Crippen LogP contribution is -2.12. The highest BCUT2D eigenvalue weighted by atomic mass is 35.5. The van der Waals surface area contributed by atoms with Crippen molar-refractivity contribution >= 4 is 40.7 Å². The number of benzene rings is 3. The molecule has 7 nitrogen and oxygen atoms in total. The van der Waals surface area contributed by atoms with Gasteiger partial charge >= 0.3 is 0 Å². The first-order chi connectivity index (χ1) is 16.5. The predicted octanol–water partition coefficient (Wildman–Crippen LogP) is 5.27. The van der Waals surface area contributed by atoms with Crippen molar-refractivity contribution < 1.29 is 14.3 Å². The fourth-order valence-corrected chi connectivity index (χ4v) is 3.97. The van der Waals surface area contributed by atoms with Crippen LogP contribution in [0.5, 0.6) is 5.75 Å². The minimum atomic E-state index is -0.201. The Morgan fingerprint density at radius 3 is 2.35 bits per heavy atom. The lowest BCUT2D eigenvalue weighted by Gasteiger charge is -2.07. The van der Waals surface area contributed by atoms with Gasteiger partial charge < -0.3 is 14.6 Å². The summed E-state index contributed by atoms with van der Waals surface area (Å²) in [6.45, 7) is 0.246. The molecule has 34 heavy (non-hydrogen) atoms. The van der Waals surface area contributed by atoms with Crippen LogP contribution in [0.15, 0.2) is 84.0 Å². The third-order valence-corrected chi connectivity index (χ3v) is 6.21. The Morgan fingerprint density at radius 1 is 0.941 bits per heavy atom. The van der Waals surface area contributed by atoms with Crippen LogP contribution < -0.4 is 10.1 Å². The minimum Gasteiger partial charge on any atom is -0.486 e. The highest BCUT2D eigenvalue weighted by Gasteiger charge is 2.14. The molecule has 0 aliphatic rings. The zero-order valence-corrected chi connectivity index (χ0v) is 19.8. The first kappa shape index (κ1) is 23.5. The van der Waals surface area contributed by atoms with E-state index >= 15 is 0 Å². The van der Waals surface area contributed by atoms with E-state index < -0.39 is 0 Å². The summed E-state index contributed by atoms with van der Waals surface area (Å²) >= 11 is 7.19. The standard InChI is InChI=1S/C25H21ClN4O3S/c1-30-23(15-33-21-13-9-19(26)10-14-21)28-29-25(30)34-16-22(31)17-7-11-20(12-8-17)27-24(32)18-5-3-2-4-6-18/h2-14H,15-16H2,1H3,(H,27,32). The number of halogens is 1. The maximum atomic E-state index is 12.6. The average molecular weight is 493 g/mol. The molecule has 1 aromatic heterocycles. The molecule has 0 aliphatic carbocycles. The number of hydrogen-bond donors (Lipinski definition) is 1. The third kappa shape index (κ3) is 6.03. The topological polar surface area (TPSA) is 86.1 Å². The van der Waals surface area contributed by atoms with E-state index in [1.807, 2.05) is 13.1 Å². The van der Waals surface area contributed by atoms with Crippen molar-refractivity contribution in [2.45, 2.75) is 11.8 Å². The summed E-state index contributed by atoms with van der Waals surface area (Å²) < 4.78 is 7.52. The molecule has 1 heterocycles. The molecular weight excluding hydrogens is 472 g/mol. The van der Waals surface area contributed by atoms with Crippen LogP contribution in [0.4, 0.5) is 5.69 Å². The molecular formula is C25H21ClN4O3S. The summed E-state index contributed by atoms with van der Waals surface area (Å²) in [6.07, 6.45) is 0. The van der Waals surface area contributed by atoms with Gasteiger partial charge in [-0.05, 0) is 60.7 Å². The van der Waals surface area contributed by atoms with Crippen molar-refractivity contribution in [2.24, 2.45) is 7.05 Å². The molecule has 0 unspecified atom stereocenters. The molecule has 0 radical (unpaired) electrons. The van der Waals surface area contributed by atoms with Crippen molar-refractivity contribution in [1.82, 2.24) is 14.8 Å². The maximum Gasteiger partial charge on any atom is 0.255 e. The summed E-state index contributed by atoms with van der Waals surface area (Å²) in [5, 5.41) is 12.4. The van der Waals surface area contributed by atoms with Crippen LogP contribution in [0.3, 0.4) is 0 Å². The number of ether oxygens (including phenoxy) is 1. The van der Waals surface area contributed by atoms with E-state index in [-0.39, 0.29) is 24.1 Å². The molecule has 0 saturated heterocycles. The number of thioether (sulfide) groups is 1. The number of hydrogen-bond acceptors (Lipinski definition) is 6. The number of anilines is 1. The van der Waals surface area contributed by atoms with Crippen LogP contribution in [0.25, 0.3) is 0 Å². The molecule has 3 aromatic carbocycles. The number of ketones is 1. The van der Waals surface area contributed by atoms with E-state index in [0.29, 0.717) is 38.6 Å². The van der Waals surface area contributed by atoms with E-state index in [1.165, 1.54) is 11.8 Å². The lowest BCUT2D eigenvalue weighted by atomic mass is 10.1. The molecule has 4 rings (SSSR count). The van der Waals surface area contributed by atoms with E-state index in [9.17, 15) is 9.59 Å². The van der Waals surface area contributed by atoms with Gasteiger partial charge in [0.1, 0.15) is 12.4 Å². The smallest absolute Gasteiger partial charge is 0.255 e. The fraction of sp³-hybridized carbons (Fsp3) is 0.120. The number of rotatable bonds is 9. The Bertz CT molecular complexity index is 1280. The van der Waals surface area contributed by atoms with Gasteiger partial charge in [0.2, 0.25) is 0 Å². The number of nitrogens with zero attached hydrogens (tertiary/aromatic N) is 3. The van der Waals surface area contributed by atoms with Gasteiger partial charge in [0.05, 0.1) is 5.75 Å². The van der Waals surface area contributed by atoms with Crippen LogP contribution in [0.1, 0.15) is 26.5 Å². The second-order valence-corrected chi connectivity index (χ2v) is 8.69. The fourth-order valence-electron chi connectivity index (χ4n) is 3.02. The van der Waals surface area contributed by atoms with Crippen LogP contribution in [0.2, 0.25) is 5.02 Å². The van der Waals surface area contributed by atoms with Gasteiger partial charge in [-0.25, -0.2) is 0 Å². The number of nitrogens with one attached hydrogen (secondary N) is 1. The molecule has 0 bridgehead atoms. The highest BCUT2D eigenvalue weighted by molar-refractivity contribution is 7.99. The third-order valence-electron chi connectivity index (χ3n) is 4.94. The molecule has 0 fully saturated rings. The zero-order valence-electron chi connectivity index (χ0n) is 18.3. The SMILES string of the molecule is Cn1c(COc2ccc(Cl)cc2)nnc1SCC(=O)c1ccc(NC(=O)c2ccccc2)cc1. The molecule has 172 valence electrons. The highest BCUT2D eigenvalue weighted by Crippen LogP contribution is 2.20. The monoisotopic (exact) mass is 492 g/mol. The summed E-state index contributed by atoms with van der Waals surface area (Å²) in [5.74, 6) is 1.28. The van der Waals surface area contributed by atoms with Crippen molar-refractivity contribution in [1.29, 1.82) is 0 Å². The van der Waals surface area contributed by atoms with Crippen LogP contribution >= 0.6 is 23.4 Å². The Kier molecular flexibility index (Phi) is 7.61. The zero-order chi connectivity index (χ0) is 23.9. The lowest BCUT2D eigenvalue weighted by molar-refractivity contribution is 0.101. The Hall–Kier alpha value is -3.62. The van der Waals surface area contributed by atoms with Gasteiger partial charge in [-0.3, -0.25) is 9.59 Å². The Balaban J connectivity index is 1.29. The Morgan fingerprint density at radius 2 is 1.65 bits per heavy atom. The second-order valence-electron chi connectivity index (χ2n) is 7.31. The number of Topliss-reactive ketones (excluding diaryl/α,β-unsaturated/α-hetero) is 1. The molecule has 0 saturated carbocycles. The number of amides is 1. The summed E-state index contributed by atoms with van der Waals surface area (Å²) in [4.78, 5) is 24.9. The van der Waals surface area contributed by atoms with Gasteiger partial charge in [0.15, 0.2) is 16.8 Å². The number of aromatic nitrogens is 3. The molecule has 0 aliphatic heterocycles. The van der Waals surface area contributed by atoms with Crippen LogP contribution in [0, 0.1) is 0 Å². The normalized spacial score (nSPS) is 10.6. The van der Waals surface area contributed by atoms with Gasteiger partial charge in [-0.2, -0.15) is 0 Å². The van der Waals surface area contributed by atoms with Crippen molar-refractivity contribution in [3.63, 3.8) is 0 Å². The van der Waals surface area contributed by atoms with Crippen molar-refractivity contribution in [2.75, 3.05) is 11.1 Å². The van der Waals surface area contributed by atoms with Crippen LogP contribution in [-0.2, 0) is 13.7 Å². The van der Waals surface area contributed by atoms with E-state index in [2.05, 4.69) is 15.5 Å². The maximum absolute atomic E-state index is 12.6. The Labute approximate surface area is 206 Å². The average Bonchev–Trinajstić information content (AvgIpc) is 3.22. The molecule has 1 amide bonds. The minimum absolute atomic E-state index is 0.0482. The molecule has 0 spiro atoms. The van der Waals surface area contributed by atoms with Gasteiger partial charge in [-0.1, -0.05) is 41.6 Å². The largest absolute Gasteiger partial charge is 0.486 e. The van der Waals surface area contributed by atoms with Crippen LogP contribution in [-0.4, -0.2) is 32.2 Å². The van der Waals surface area contributed by atoms with Crippen molar-refractivity contribution in [3.05, 3.63) is 101 Å². The van der Waals surface area contributed by atoms with E-state index in [4.69, 9.17) is 16.3 Å². The molecule has 9 heteroatoms. The van der Waals surface area contributed by atoms with Crippen molar-refractivity contribution in [3.8, 4) is 5.75 Å². The quantitative estimate of drug-likeness (QED) is 0.253. The molecule has 1 N–H and O–H groups in total. The van der Waals surface area contributed by atoms with Gasteiger partial charge in [-0.15, -0.1) is 10.2 Å². The summed E-state index contributed by atoms with van der Waals surface area (Å²) in [5.41, 5.74) is 1.75. The first-order valence-corrected chi connectivity index (χ1v) is 11.7. The van der Waals surface area contributed by atoms with E-state index in [0.717, 1.165) is 0 Å².